The van der Waals surface area contributed by atoms with Gasteiger partial charge in [0.2, 0.25) is 0 Å². The molecule has 6 heteroatoms. The van der Waals surface area contributed by atoms with Gasteiger partial charge in [-0.25, -0.2) is 4.68 Å². The normalized spacial score (nSPS) is 12.9. The molecule has 1 amide bonds. The molecule has 1 aliphatic heterocycles. The molecule has 4 nitrogen and oxygen atoms in total. The van der Waals surface area contributed by atoms with E-state index >= 15 is 0 Å². The van der Waals surface area contributed by atoms with E-state index in [0.717, 1.165) is 39.8 Å². The first-order valence-corrected chi connectivity index (χ1v) is 9.89. The molecule has 0 saturated heterocycles. The van der Waals surface area contributed by atoms with Gasteiger partial charge in [-0.1, -0.05) is 23.7 Å². The Morgan fingerprint density at radius 3 is 2.77 bits per heavy atom. The number of anilines is 1. The van der Waals surface area contributed by atoms with Crippen molar-refractivity contribution in [2.24, 2.45) is 0 Å². The van der Waals surface area contributed by atoms with Crippen molar-refractivity contribution >= 4 is 35.1 Å². The van der Waals surface area contributed by atoms with Gasteiger partial charge in [0.15, 0.2) is 0 Å². The lowest BCUT2D eigenvalue weighted by atomic mass is 10.1. The van der Waals surface area contributed by atoms with Gasteiger partial charge in [-0.2, -0.15) is 16.9 Å². The highest BCUT2D eigenvalue weighted by Gasteiger charge is 2.25. The maximum atomic E-state index is 12.8. The summed E-state index contributed by atoms with van der Waals surface area (Å²) in [6, 6.07) is 13.2. The average Bonchev–Trinajstić information content (AvgIpc) is 3.20. The summed E-state index contributed by atoms with van der Waals surface area (Å²) < 4.78 is 1.79. The fraction of sp³-hybridized carbons (Fsp3) is 0.200. The minimum absolute atomic E-state index is 0.129. The number of carbonyl (C=O) groups is 1. The summed E-state index contributed by atoms with van der Waals surface area (Å²) in [7, 11) is 0. The fourth-order valence-corrected chi connectivity index (χ4v) is 4.22. The largest absolute Gasteiger partial charge is 0.306 e. The molecule has 0 radical (unpaired) electrons. The molecule has 1 aliphatic rings. The zero-order valence-corrected chi connectivity index (χ0v) is 16.1. The van der Waals surface area contributed by atoms with Crippen molar-refractivity contribution in [2.75, 3.05) is 5.32 Å². The first-order chi connectivity index (χ1) is 12.5. The van der Waals surface area contributed by atoms with E-state index in [2.05, 4.69) is 5.32 Å². The predicted octanol–water partition coefficient (Wildman–Crippen LogP) is 5.14. The van der Waals surface area contributed by atoms with E-state index < -0.39 is 0 Å². The molecule has 1 aromatic heterocycles. The molecule has 0 bridgehead atoms. The Morgan fingerprint density at radius 1 is 1.15 bits per heavy atom. The summed E-state index contributed by atoms with van der Waals surface area (Å²) in [5, 5.41) is 8.42. The zero-order chi connectivity index (χ0) is 18.3. The third-order valence-electron chi connectivity index (χ3n) is 4.61. The van der Waals surface area contributed by atoms with Crippen LogP contribution in [0.25, 0.3) is 5.69 Å². The van der Waals surface area contributed by atoms with Gasteiger partial charge >= 0.3 is 0 Å². The van der Waals surface area contributed by atoms with E-state index in [-0.39, 0.29) is 5.91 Å². The molecule has 0 fully saturated rings. The van der Waals surface area contributed by atoms with Crippen molar-refractivity contribution in [3.05, 3.63) is 75.4 Å². The lowest BCUT2D eigenvalue weighted by Crippen LogP contribution is -2.16. The molecule has 1 N–H and O–H groups in total. The predicted molar refractivity (Wildman–Crippen MR) is 107 cm³/mol. The summed E-state index contributed by atoms with van der Waals surface area (Å²) in [4.78, 5) is 12.8. The minimum atomic E-state index is -0.129. The third kappa shape index (κ3) is 3.13. The van der Waals surface area contributed by atoms with Gasteiger partial charge in [0.1, 0.15) is 5.82 Å². The minimum Gasteiger partial charge on any atom is -0.306 e. The van der Waals surface area contributed by atoms with Crippen LogP contribution in [0.15, 0.2) is 42.5 Å². The highest BCUT2D eigenvalue weighted by Crippen LogP contribution is 2.36. The van der Waals surface area contributed by atoms with Crippen LogP contribution in [0.2, 0.25) is 5.02 Å². The number of nitrogens with zero attached hydrogens (tertiary/aromatic N) is 2. The second kappa shape index (κ2) is 6.82. The Labute approximate surface area is 161 Å². The van der Waals surface area contributed by atoms with E-state index in [1.54, 1.807) is 16.4 Å². The van der Waals surface area contributed by atoms with Crippen molar-refractivity contribution in [1.29, 1.82) is 0 Å². The quantitative estimate of drug-likeness (QED) is 0.681. The molecule has 0 unspecified atom stereocenters. The van der Waals surface area contributed by atoms with Gasteiger partial charge in [0.05, 0.1) is 11.4 Å². The molecule has 4 rings (SSSR count). The number of rotatable bonds is 3. The molecule has 0 saturated carbocycles. The number of benzene rings is 2. The monoisotopic (exact) mass is 383 g/mol. The second-order valence-electron chi connectivity index (χ2n) is 6.41. The number of thioether (sulfide) groups is 1. The van der Waals surface area contributed by atoms with Crippen molar-refractivity contribution in [2.45, 2.75) is 25.4 Å². The summed E-state index contributed by atoms with van der Waals surface area (Å²) in [5.41, 5.74) is 5.86. The van der Waals surface area contributed by atoms with E-state index in [4.69, 9.17) is 16.7 Å². The first-order valence-electron chi connectivity index (χ1n) is 8.36. The summed E-state index contributed by atoms with van der Waals surface area (Å²) in [6.45, 7) is 4.05. The van der Waals surface area contributed by atoms with E-state index in [1.165, 1.54) is 5.56 Å². The van der Waals surface area contributed by atoms with Gasteiger partial charge in [-0.15, -0.1) is 0 Å². The highest BCUT2D eigenvalue weighted by atomic mass is 35.5. The Hall–Kier alpha value is -2.24. The molecule has 0 atom stereocenters. The van der Waals surface area contributed by atoms with Crippen LogP contribution >= 0.6 is 23.4 Å². The molecule has 2 aromatic carbocycles. The number of fused-ring (bicyclic) bond motifs is 1. The average molecular weight is 384 g/mol. The van der Waals surface area contributed by atoms with Gasteiger partial charge in [-0.05, 0) is 55.3 Å². The van der Waals surface area contributed by atoms with Gasteiger partial charge in [0, 0.05) is 27.7 Å². The molecule has 132 valence electrons. The zero-order valence-electron chi connectivity index (χ0n) is 14.5. The summed E-state index contributed by atoms with van der Waals surface area (Å²) >= 11 is 7.95. The van der Waals surface area contributed by atoms with Crippen molar-refractivity contribution in [1.82, 2.24) is 9.78 Å². The maximum Gasteiger partial charge on any atom is 0.256 e. The lowest BCUT2D eigenvalue weighted by Gasteiger charge is -2.12. The van der Waals surface area contributed by atoms with Crippen LogP contribution in [0.1, 0.15) is 32.7 Å². The van der Waals surface area contributed by atoms with Crippen LogP contribution < -0.4 is 5.32 Å². The SMILES string of the molecule is Cc1ccc(C(=O)Nc2c3c(nn2-c2cccc(Cl)c2)CSC3)cc1C. The van der Waals surface area contributed by atoms with E-state index in [0.29, 0.717) is 10.6 Å². The van der Waals surface area contributed by atoms with Crippen LogP contribution in [0.4, 0.5) is 5.82 Å². The standard InChI is InChI=1S/C20H18ClN3OS/c1-12-6-7-14(8-13(12)2)20(25)22-19-17-10-26-11-18(17)23-24(19)16-5-3-4-15(21)9-16/h3-9H,10-11H2,1-2H3,(H,22,25). The van der Waals surface area contributed by atoms with Crippen molar-refractivity contribution in [3.63, 3.8) is 0 Å². The highest BCUT2D eigenvalue weighted by molar-refractivity contribution is 7.98. The number of nitrogens with one attached hydrogen (secondary N) is 1. The number of halogens is 1. The number of hydrogen-bond acceptors (Lipinski definition) is 3. The molecule has 26 heavy (non-hydrogen) atoms. The van der Waals surface area contributed by atoms with Crippen molar-refractivity contribution in [3.8, 4) is 5.69 Å². The van der Waals surface area contributed by atoms with Gasteiger partial charge in [0.25, 0.3) is 5.91 Å². The Morgan fingerprint density at radius 2 is 2.00 bits per heavy atom. The maximum absolute atomic E-state index is 12.8. The van der Waals surface area contributed by atoms with Gasteiger partial charge < -0.3 is 5.32 Å². The molecular formula is C20H18ClN3OS. The van der Waals surface area contributed by atoms with E-state index in [1.807, 2.05) is 56.3 Å². The van der Waals surface area contributed by atoms with Crippen LogP contribution in [0.3, 0.4) is 0 Å². The molecule has 0 aliphatic carbocycles. The van der Waals surface area contributed by atoms with Crippen LogP contribution in [0.5, 0.6) is 0 Å². The van der Waals surface area contributed by atoms with E-state index in [9.17, 15) is 4.79 Å². The van der Waals surface area contributed by atoms with Crippen LogP contribution in [-0.4, -0.2) is 15.7 Å². The number of carbonyl (C=O) groups excluding carboxylic acids is 1. The van der Waals surface area contributed by atoms with Crippen molar-refractivity contribution < 1.29 is 4.79 Å². The fourth-order valence-electron chi connectivity index (χ4n) is 3.00. The van der Waals surface area contributed by atoms with Gasteiger partial charge in [-0.3, -0.25) is 4.79 Å². The summed E-state index contributed by atoms with van der Waals surface area (Å²) in [5.74, 6) is 2.31. The number of aryl methyl sites for hydroxylation is 2. The Balaban J connectivity index is 1.73. The number of aromatic nitrogens is 2. The molecule has 0 spiro atoms. The van der Waals surface area contributed by atoms with Crippen LogP contribution in [-0.2, 0) is 11.5 Å². The second-order valence-corrected chi connectivity index (χ2v) is 7.83. The lowest BCUT2D eigenvalue weighted by molar-refractivity contribution is 0.102. The third-order valence-corrected chi connectivity index (χ3v) is 5.81. The molecule has 3 aromatic rings. The first kappa shape index (κ1) is 17.2. The Kier molecular flexibility index (Phi) is 4.51. The molecular weight excluding hydrogens is 366 g/mol. The topological polar surface area (TPSA) is 46.9 Å². The number of amides is 1. The van der Waals surface area contributed by atoms with Crippen LogP contribution in [0, 0.1) is 13.8 Å². The number of hydrogen-bond donors (Lipinski definition) is 1. The smallest absolute Gasteiger partial charge is 0.256 e. The summed E-state index contributed by atoms with van der Waals surface area (Å²) in [6.07, 6.45) is 0. The molecule has 2 heterocycles. The Bertz CT molecular complexity index is 1010.